The number of ether oxygens (including phenoxy) is 2. The normalized spacial score (nSPS) is 28.6. The lowest BCUT2D eigenvalue weighted by Crippen LogP contribution is -2.50. The van der Waals surface area contributed by atoms with E-state index in [2.05, 4.69) is 31.0 Å². The second-order valence-corrected chi connectivity index (χ2v) is 16.7. The molecule has 0 radical (unpaired) electrons. The third kappa shape index (κ3) is 8.48. The molecule has 0 spiro atoms. The first-order chi connectivity index (χ1) is 25.2. The minimum atomic E-state index is -5.01. The van der Waals surface area contributed by atoms with E-state index in [0.717, 1.165) is 52.9 Å². The summed E-state index contributed by atoms with van der Waals surface area (Å²) in [6.45, 7) is 9.17. The molecule has 2 N–H and O–H groups in total. The highest BCUT2D eigenvalue weighted by atomic mass is 19.4. The standard InChI is InChI=1S/C42H50F3N3O5/c1-40(2)20-33-21-41(3,25-40)26-47(33)23-34-19-36(30-11-9-27(24-49)10-12-30)53-38(52-34)31-15-13-29(14-16-31)32-7-4-6-28(18-32)22-46-37(50)35-8-5-17-48(35)39(51)42(43,44)45/h4,6-7,9-16,18,33-36,38,49H,5,8,17,19-26H2,1-3H3,(H,46,50)/t33?,34-,35+,36+,38+,41?/m1/s1. The van der Waals surface area contributed by atoms with Crippen molar-refractivity contribution in [2.24, 2.45) is 10.8 Å². The summed E-state index contributed by atoms with van der Waals surface area (Å²) in [7, 11) is 0. The van der Waals surface area contributed by atoms with Crippen molar-refractivity contribution in [2.75, 3.05) is 19.6 Å². The van der Waals surface area contributed by atoms with E-state index in [1.807, 2.05) is 72.8 Å². The summed E-state index contributed by atoms with van der Waals surface area (Å²) in [5, 5.41) is 12.3. The minimum Gasteiger partial charge on any atom is -0.392 e. The number of likely N-dealkylation sites (tertiary alicyclic amines) is 2. The predicted molar refractivity (Wildman–Crippen MR) is 194 cm³/mol. The van der Waals surface area contributed by atoms with E-state index in [1.54, 1.807) is 0 Å². The first kappa shape index (κ1) is 37.5. The van der Waals surface area contributed by atoms with Gasteiger partial charge in [0.05, 0.1) is 18.8 Å². The Morgan fingerprint density at radius 1 is 0.925 bits per heavy atom. The lowest BCUT2D eigenvalue weighted by Gasteiger charge is -2.41. The number of nitrogens with zero attached hydrogens (tertiary/aromatic N) is 2. The highest BCUT2D eigenvalue weighted by Crippen LogP contribution is 2.53. The molecule has 284 valence electrons. The van der Waals surface area contributed by atoms with E-state index in [1.165, 1.54) is 19.3 Å². The molecule has 8 nitrogen and oxygen atoms in total. The number of fused-ring (bicyclic) bond motifs is 2. The Kier molecular flexibility index (Phi) is 10.5. The van der Waals surface area contributed by atoms with Gasteiger partial charge in [-0.2, -0.15) is 13.2 Å². The molecular weight excluding hydrogens is 683 g/mol. The van der Waals surface area contributed by atoms with Crippen molar-refractivity contribution in [3.8, 4) is 11.1 Å². The largest absolute Gasteiger partial charge is 0.471 e. The molecule has 4 fully saturated rings. The number of rotatable bonds is 9. The third-order valence-corrected chi connectivity index (χ3v) is 11.5. The average molecular weight is 734 g/mol. The van der Waals surface area contributed by atoms with Crippen LogP contribution < -0.4 is 5.32 Å². The van der Waals surface area contributed by atoms with Crippen molar-refractivity contribution >= 4 is 11.8 Å². The van der Waals surface area contributed by atoms with Crippen LogP contribution in [0.25, 0.3) is 11.1 Å². The van der Waals surface area contributed by atoms with Gasteiger partial charge >= 0.3 is 12.1 Å². The van der Waals surface area contributed by atoms with Crippen molar-refractivity contribution in [3.63, 3.8) is 0 Å². The highest BCUT2D eigenvalue weighted by Gasteiger charge is 2.50. The number of carbonyl (C=O) groups excluding carboxylic acids is 2. The Labute approximate surface area is 309 Å². The van der Waals surface area contributed by atoms with Gasteiger partial charge in [0, 0.05) is 44.2 Å². The number of alkyl halides is 3. The molecule has 53 heavy (non-hydrogen) atoms. The number of amides is 2. The van der Waals surface area contributed by atoms with Gasteiger partial charge in [-0.3, -0.25) is 14.5 Å². The highest BCUT2D eigenvalue weighted by molar-refractivity contribution is 5.90. The molecule has 3 heterocycles. The summed E-state index contributed by atoms with van der Waals surface area (Å²) in [4.78, 5) is 28.0. The number of aliphatic hydroxyl groups is 1. The van der Waals surface area contributed by atoms with Crippen LogP contribution in [0.1, 0.15) is 93.9 Å². The maximum Gasteiger partial charge on any atom is 0.471 e. The van der Waals surface area contributed by atoms with Crippen LogP contribution in [0.15, 0.2) is 72.8 Å². The summed E-state index contributed by atoms with van der Waals surface area (Å²) < 4.78 is 52.5. The van der Waals surface area contributed by atoms with Crippen LogP contribution in [-0.4, -0.2) is 70.7 Å². The first-order valence-corrected chi connectivity index (χ1v) is 18.8. The van der Waals surface area contributed by atoms with Crippen LogP contribution in [-0.2, 0) is 32.2 Å². The molecule has 2 amide bonds. The van der Waals surface area contributed by atoms with Crippen LogP contribution in [0.3, 0.4) is 0 Å². The number of halogens is 3. The van der Waals surface area contributed by atoms with E-state index >= 15 is 0 Å². The van der Waals surface area contributed by atoms with E-state index in [9.17, 15) is 27.9 Å². The Balaban J connectivity index is 1.04. The van der Waals surface area contributed by atoms with Crippen molar-refractivity contribution in [1.29, 1.82) is 0 Å². The Morgan fingerprint density at radius 3 is 2.38 bits per heavy atom. The van der Waals surface area contributed by atoms with Crippen LogP contribution in [0.4, 0.5) is 13.2 Å². The third-order valence-electron chi connectivity index (χ3n) is 11.5. The first-order valence-electron chi connectivity index (χ1n) is 18.8. The van der Waals surface area contributed by atoms with Gasteiger partial charge in [-0.25, -0.2) is 0 Å². The fourth-order valence-corrected chi connectivity index (χ4v) is 9.53. The van der Waals surface area contributed by atoms with Crippen LogP contribution in [0.2, 0.25) is 0 Å². The predicted octanol–water partition coefficient (Wildman–Crippen LogP) is 7.46. The zero-order chi connectivity index (χ0) is 37.5. The van der Waals surface area contributed by atoms with Crippen LogP contribution in [0.5, 0.6) is 0 Å². The summed E-state index contributed by atoms with van der Waals surface area (Å²) in [5.41, 5.74) is 6.12. The van der Waals surface area contributed by atoms with Crippen molar-refractivity contribution in [2.45, 2.75) is 109 Å². The monoisotopic (exact) mass is 733 g/mol. The van der Waals surface area contributed by atoms with Gasteiger partial charge in [0.2, 0.25) is 5.91 Å². The van der Waals surface area contributed by atoms with Crippen molar-refractivity contribution in [3.05, 3.63) is 95.1 Å². The van der Waals surface area contributed by atoms with Gasteiger partial charge in [-0.1, -0.05) is 87.5 Å². The van der Waals surface area contributed by atoms with E-state index in [0.29, 0.717) is 28.2 Å². The molecule has 4 aliphatic rings. The van der Waals surface area contributed by atoms with Gasteiger partial charge in [-0.05, 0) is 76.8 Å². The van der Waals surface area contributed by atoms with Crippen molar-refractivity contribution < 1.29 is 37.3 Å². The molecule has 6 atom stereocenters. The molecule has 3 aromatic rings. The van der Waals surface area contributed by atoms with Crippen molar-refractivity contribution in [1.82, 2.24) is 15.1 Å². The second-order valence-electron chi connectivity index (χ2n) is 16.7. The van der Waals surface area contributed by atoms with Gasteiger partial charge < -0.3 is 24.8 Å². The van der Waals surface area contributed by atoms with Crippen LogP contribution in [0, 0.1) is 10.8 Å². The summed E-state index contributed by atoms with van der Waals surface area (Å²) in [5.74, 6) is -2.56. The number of aliphatic hydroxyl groups excluding tert-OH is 1. The van der Waals surface area contributed by atoms with Gasteiger partial charge in [-0.15, -0.1) is 0 Å². The van der Waals surface area contributed by atoms with E-state index in [-0.39, 0.29) is 38.3 Å². The molecule has 7 rings (SSSR count). The number of benzene rings is 3. The molecular formula is C42H50F3N3O5. The molecule has 1 saturated carbocycles. The molecule has 11 heteroatoms. The van der Waals surface area contributed by atoms with E-state index < -0.39 is 30.3 Å². The SMILES string of the molecule is CC1(C)CC2CC(C)(CN2C[C@H]2C[C@@H](c3ccc(CO)cc3)O[C@@H](c3ccc(-c4cccc(CNC(=O)[C@@H]5CCCN5C(=O)C(F)(F)F)c4)cc3)O2)C1. The Morgan fingerprint density at radius 2 is 1.66 bits per heavy atom. The molecule has 3 aliphatic heterocycles. The molecule has 3 saturated heterocycles. The fraction of sp³-hybridized carbons (Fsp3) is 0.524. The quantitative estimate of drug-likeness (QED) is 0.237. The summed E-state index contributed by atoms with van der Waals surface area (Å²) in [6, 6.07) is 23.1. The lowest BCUT2D eigenvalue weighted by molar-refractivity contribution is -0.253. The smallest absolute Gasteiger partial charge is 0.392 e. The topological polar surface area (TPSA) is 91.3 Å². The van der Waals surface area contributed by atoms with Gasteiger partial charge in [0.15, 0.2) is 6.29 Å². The molecule has 2 unspecified atom stereocenters. The molecule has 3 aromatic carbocycles. The van der Waals surface area contributed by atoms with E-state index in [4.69, 9.17) is 9.47 Å². The Hall–Kier alpha value is -3.77. The maximum atomic E-state index is 13.1. The van der Waals surface area contributed by atoms with Gasteiger partial charge in [0.1, 0.15) is 6.04 Å². The maximum absolute atomic E-state index is 13.1. The number of carbonyl (C=O) groups is 2. The Bertz CT molecular complexity index is 1780. The zero-order valence-corrected chi connectivity index (χ0v) is 30.7. The number of hydrogen-bond donors (Lipinski definition) is 2. The lowest BCUT2D eigenvalue weighted by atomic mass is 9.65. The summed E-state index contributed by atoms with van der Waals surface area (Å²) >= 11 is 0. The molecule has 2 bridgehead atoms. The average Bonchev–Trinajstić information content (AvgIpc) is 3.71. The minimum absolute atomic E-state index is 0.0117. The second kappa shape index (κ2) is 14.8. The van der Waals surface area contributed by atoms with Crippen LogP contribution >= 0.6 is 0 Å². The molecule has 0 aromatic heterocycles. The number of nitrogens with one attached hydrogen (secondary N) is 1. The molecule has 1 aliphatic carbocycles. The zero-order valence-electron chi connectivity index (χ0n) is 30.7. The summed E-state index contributed by atoms with van der Waals surface area (Å²) in [6.07, 6.45) is -0.850. The fourth-order valence-electron chi connectivity index (χ4n) is 9.53. The van der Waals surface area contributed by atoms with Gasteiger partial charge in [0.25, 0.3) is 0 Å². The number of hydrogen-bond acceptors (Lipinski definition) is 6.